The smallest absolute Gasteiger partial charge is 0.221 e. The molecule has 1 aromatic carbocycles. The van der Waals surface area contributed by atoms with Gasteiger partial charge in [-0.3, -0.25) is 9.79 Å². The van der Waals surface area contributed by atoms with Crippen molar-refractivity contribution in [1.82, 2.24) is 10.6 Å². The van der Waals surface area contributed by atoms with E-state index in [9.17, 15) is 4.79 Å². The highest BCUT2D eigenvalue weighted by Gasteiger charge is 2.07. The Kier molecular flexibility index (Phi) is 10.2. The van der Waals surface area contributed by atoms with Crippen molar-refractivity contribution < 1.29 is 9.53 Å². The van der Waals surface area contributed by atoms with Gasteiger partial charge in [0.25, 0.3) is 0 Å². The number of hydrogen-bond acceptors (Lipinski definition) is 4. The van der Waals surface area contributed by atoms with Crippen LogP contribution < -0.4 is 20.7 Å². The zero-order chi connectivity index (χ0) is 18.9. The minimum Gasteiger partial charge on any atom is -0.495 e. The van der Waals surface area contributed by atoms with E-state index >= 15 is 0 Å². The molecule has 1 heterocycles. The third-order valence-corrected chi connectivity index (χ3v) is 4.98. The number of aryl methyl sites for hydroxylation is 1. The van der Waals surface area contributed by atoms with E-state index in [0.717, 1.165) is 24.5 Å². The van der Waals surface area contributed by atoms with E-state index in [2.05, 4.69) is 40.0 Å². The number of guanidine groups is 1. The molecule has 3 N–H and O–H groups in total. The lowest BCUT2D eigenvalue weighted by molar-refractivity contribution is -0.114. The van der Waals surface area contributed by atoms with Gasteiger partial charge in [0.15, 0.2) is 5.96 Å². The maximum absolute atomic E-state index is 11.3. The molecule has 148 valence electrons. The van der Waals surface area contributed by atoms with Gasteiger partial charge in [-0.15, -0.1) is 35.3 Å². The monoisotopic (exact) mass is 502 g/mol. The second kappa shape index (κ2) is 11.8. The maximum atomic E-state index is 11.3. The van der Waals surface area contributed by atoms with Crippen LogP contribution in [0.1, 0.15) is 29.2 Å². The number of benzene rings is 1. The van der Waals surface area contributed by atoms with E-state index in [4.69, 9.17) is 4.74 Å². The van der Waals surface area contributed by atoms with Gasteiger partial charge in [-0.25, -0.2) is 0 Å². The summed E-state index contributed by atoms with van der Waals surface area (Å²) in [5, 5.41) is 9.39. The number of carbonyl (C=O) groups is 1. The van der Waals surface area contributed by atoms with Crippen LogP contribution >= 0.6 is 35.3 Å². The first-order valence-corrected chi connectivity index (χ1v) is 9.34. The first kappa shape index (κ1) is 23.2. The molecule has 8 heteroatoms. The number of carbonyl (C=O) groups excluding carboxylic acids is 1. The van der Waals surface area contributed by atoms with Crippen LogP contribution in [0, 0.1) is 0 Å². The topological polar surface area (TPSA) is 74.8 Å². The van der Waals surface area contributed by atoms with Crippen LogP contribution in [-0.4, -0.2) is 26.0 Å². The lowest BCUT2D eigenvalue weighted by Gasteiger charge is -2.14. The third-order valence-electron chi connectivity index (χ3n) is 3.75. The van der Waals surface area contributed by atoms with Crippen molar-refractivity contribution in [2.75, 3.05) is 19.5 Å². The Hall–Kier alpha value is -1.81. The third kappa shape index (κ3) is 7.37. The molecular weight excluding hydrogens is 475 g/mol. The van der Waals surface area contributed by atoms with Crippen LogP contribution in [0.4, 0.5) is 5.69 Å². The molecule has 0 aliphatic carbocycles. The standard InChI is InChI=1S/C19H26N4O2S.HI/c1-5-15-7-8-16(26-15)12-22-19(20-3)21-11-14-6-9-18(25-4)17(10-14)23-13(2)24;/h6-10H,5,11-12H2,1-4H3,(H,23,24)(H2,20,21,22);1H. The number of amides is 1. The molecule has 0 unspecified atom stereocenters. The summed E-state index contributed by atoms with van der Waals surface area (Å²) in [5.41, 5.74) is 1.68. The van der Waals surface area contributed by atoms with Gasteiger partial charge in [0, 0.05) is 30.3 Å². The average molecular weight is 502 g/mol. The van der Waals surface area contributed by atoms with E-state index in [-0.39, 0.29) is 29.9 Å². The van der Waals surface area contributed by atoms with Crippen LogP contribution in [-0.2, 0) is 24.3 Å². The Labute approximate surface area is 181 Å². The van der Waals surface area contributed by atoms with Gasteiger partial charge in [-0.05, 0) is 36.2 Å². The van der Waals surface area contributed by atoms with Crippen LogP contribution in [0.2, 0.25) is 0 Å². The van der Waals surface area contributed by atoms with E-state index in [1.807, 2.05) is 29.5 Å². The molecule has 0 fully saturated rings. The van der Waals surface area contributed by atoms with Gasteiger partial charge >= 0.3 is 0 Å². The summed E-state index contributed by atoms with van der Waals surface area (Å²) in [5.74, 6) is 1.23. The first-order valence-electron chi connectivity index (χ1n) is 8.52. The van der Waals surface area contributed by atoms with Crippen molar-refractivity contribution in [2.45, 2.75) is 33.4 Å². The highest BCUT2D eigenvalue weighted by atomic mass is 127. The van der Waals surface area contributed by atoms with Gasteiger partial charge in [0.1, 0.15) is 5.75 Å². The highest BCUT2D eigenvalue weighted by molar-refractivity contribution is 14.0. The SMILES string of the molecule is CCc1ccc(CNC(=NC)NCc2ccc(OC)c(NC(C)=O)c2)s1.I. The molecule has 1 amide bonds. The summed E-state index contributed by atoms with van der Waals surface area (Å²) in [7, 11) is 3.33. The van der Waals surface area contributed by atoms with E-state index < -0.39 is 0 Å². The number of nitrogens with one attached hydrogen (secondary N) is 3. The molecule has 1 aromatic heterocycles. The molecule has 0 radical (unpaired) electrons. The van der Waals surface area contributed by atoms with Crippen molar-refractivity contribution in [3.63, 3.8) is 0 Å². The number of nitrogens with zero attached hydrogens (tertiary/aromatic N) is 1. The highest BCUT2D eigenvalue weighted by Crippen LogP contribution is 2.25. The molecule has 2 aromatic rings. The molecule has 0 spiro atoms. The molecule has 0 aliphatic heterocycles. The normalized spacial score (nSPS) is 10.7. The Morgan fingerprint density at radius 3 is 2.44 bits per heavy atom. The molecule has 2 rings (SSSR count). The lowest BCUT2D eigenvalue weighted by atomic mass is 10.2. The van der Waals surface area contributed by atoms with Crippen molar-refractivity contribution in [2.24, 2.45) is 4.99 Å². The van der Waals surface area contributed by atoms with E-state index in [0.29, 0.717) is 18.0 Å². The second-order valence-electron chi connectivity index (χ2n) is 5.72. The fourth-order valence-corrected chi connectivity index (χ4v) is 3.33. The molecule has 6 nitrogen and oxygen atoms in total. The molecular formula is C19H27IN4O2S. The van der Waals surface area contributed by atoms with Gasteiger partial charge < -0.3 is 20.7 Å². The number of thiophene rings is 1. The molecule has 0 atom stereocenters. The first-order chi connectivity index (χ1) is 12.5. The van der Waals surface area contributed by atoms with Crippen LogP contribution in [0.5, 0.6) is 5.75 Å². The average Bonchev–Trinajstić information content (AvgIpc) is 3.09. The van der Waals surface area contributed by atoms with Crippen molar-refractivity contribution in [3.05, 3.63) is 45.6 Å². The van der Waals surface area contributed by atoms with Crippen molar-refractivity contribution in [1.29, 1.82) is 0 Å². The number of rotatable bonds is 7. The predicted molar refractivity (Wildman–Crippen MR) is 123 cm³/mol. The number of aliphatic imine (C=N–C) groups is 1. The molecule has 0 bridgehead atoms. The Balaban J connectivity index is 0.00000364. The van der Waals surface area contributed by atoms with Gasteiger partial charge in [-0.2, -0.15) is 0 Å². The summed E-state index contributed by atoms with van der Waals surface area (Å²) < 4.78 is 5.28. The van der Waals surface area contributed by atoms with Crippen LogP contribution in [0.3, 0.4) is 0 Å². The summed E-state index contributed by atoms with van der Waals surface area (Å²) in [6.07, 6.45) is 1.06. The van der Waals surface area contributed by atoms with Crippen LogP contribution in [0.25, 0.3) is 0 Å². The quantitative estimate of drug-likeness (QED) is 0.306. The number of halogens is 1. The number of anilines is 1. The van der Waals surface area contributed by atoms with Gasteiger partial charge in [0.05, 0.1) is 19.3 Å². The summed E-state index contributed by atoms with van der Waals surface area (Å²) in [6.45, 7) is 4.96. The number of hydrogen-bond donors (Lipinski definition) is 3. The number of ether oxygens (including phenoxy) is 1. The van der Waals surface area contributed by atoms with Crippen molar-refractivity contribution in [3.8, 4) is 5.75 Å². The van der Waals surface area contributed by atoms with Crippen LogP contribution in [0.15, 0.2) is 35.3 Å². The lowest BCUT2D eigenvalue weighted by Crippen LogP contribution is -2.36. The summed E-state index contributed by atoms with van der Waals surface area (Å²) in [4.78, 5) is 18.3. The number of methoxy groups -OCH3 is 1. The molecule has 27 heavy (non-hydrogen) atoms. The van der Waals surface area contributed by atoms with E-state index in [1.54, 1.807) is 14.2 Å². The minimum atomic E-state index is -0.131. The zero-order valence-electron chi connectivity index (χ0n) is 16.1. The maximum Gasteiger partial charge on any atom is 0.221 e. The summed E-state index contributed by atoms with van der Waals surface area (Å²) >= 11 is 1.81. The van der Waals surface area contributed by atoms with Gasteiger partial charge in [0.2, 0.25) is 5.91 Å². The molecule has 0 saturated heterocycles. The Morgan fingerprint density at radius 2 is 1.85 bits per heavy atom. The zero-order valence-corrected chi connectivity index (χ0v) is 19.2. The second-order valence-corrected chi connectivity index (χ2v) is 6.97. The fourth-order valence-electron chi connectivity index (χ4n) is 2.44. The summed E-state index contributed by atoms with van der Waals surface area (Å²) in [6, 6.07) is 10.0. The van der Waals surface area contributed by atoms with E-state index in [1.165, 1.54) is 16.7 Å². The Bertz CT molecular complexity index is 777. The van der Waals surface area contributed by atoms with Crippen molar-refractivity contribution >= 4 is 52.9 Å². The van der Waals surface area contributed by atoms with Gasteiger partial charge in [-0.1, -0.05) is 13.0 Å². The largest absolute Gasteiger partial charge is 0.495 e. The minimum absolute atomic E-state index is 0. The molecule has 0 aliphatic rings. The Morgan fingerprint density at radius 1 is 1.15 bits per heavy atom. The molecule has 0 saturated carbocycles. The fraction of sp³-hybridized carbons (Fsp3) is 0.368. The predicted octanol–water partition coefficient (Wildman–Crippen LogP) is 3.76.